The zero-order valence-corrected chi connectivity index (χ0v) is 13.2. The molecule has 0 aromatic heterocycles. The number of alkyl halides is 3. The van der Waals surface area contributed by atoms with Gasteiger partial charge in [-0.15, -0.1) is 0 Å². The Hall–Kier alpha value is -0.590. The van der Waals surface area contributed by atoms with E-state index < -0.39 is 17.8 Å². The van der Waals surface area contributed by atoms with Crippen molar-refractivity contribution in [3.8, 4) is 0 Å². The molecule has 0 heterocycles. The Morgan fingerprint density at radius 3 is 2.50 bits per heavy atom. The first-order valence-corrected chi connectivity index (χ1v) is 7.41. The van der Waals surface area contributed by atoms with E-state index in [-0.39, 0.29) is 5.56 Å². The van der Waals surface area contributed by atoms with Crippen LogP contribution in [0.25, 0.3) is 0 Å². The highest BCUT2D eigenvalue weighted by atomic mass is 79.9. The van der Waals surface area contributed by atoms with Gasteiger partial charge in [-0.3, -0.25) is 11.3 Å². The van der Waals surface area contributed by atoms with Crippen LogP contribution in [0.15, 0.2) is 22.7 Å². The molecule has 0 amide bonds. The quantitative estimate of drug-likeness (QED) is 0.570. The molecule has 114 valence electrons. The second kappa shape index (κ2) is 7.43. The second-order valence-corrected chi connectivity index (χ2v) is 5.99. The van der Waals surface area contributed by atoms with Gasteiger partial charge in [-0.25, -0.2) is 0 Å². The number of hydrogen-bond donors (Lipinski definition) is 2. The number of halogens is 4. The number of rotatable bonds is 6. The van der Waals surface area contributed by atoms with Crippen LogP contribution in [0.5, 0.6) is 0 Å². The molecule has 0 saturated carbocycles. The molecule has 20 heavy (non-hydrogen) atoms. The van der Waals surface area contributed by atoms with Gasteiger partial charge in [-0.1, -0.05) is 48.7 Å². The summed E-state index contributed by atoms with van der Waals surface area (Å²) in [7, 11) is 0. The van der Waals surface area contributed by atoms with Gasteiger partial charge >= 0.3 is 6.18 Å². The molecule has 0 bridgehead atoms. The maximum Gasteiger partial charge on any atom is 0.416 e. The fourth-order valence-corrected chi connectivity index (χ4v) is 2.74. The molecular weight excluding hydrogens is 333 g/mol. The van der Waals surface area contributed by atoms with Crippen LogP contribution < -0.4 is 11.3 Å². The minimum absolute atomic E-state index is 0.200. The molecule has 2 unspecified atom stereocenters. The van der Waals surface area contributed by atoms with Gasteiger partial charge in [0.15, 0.2) is 0 Å². The number of hydrazine groups is 1. The molecule has 0 aliphatic heterocycles. The second-order valence-electron chi connectivity index (χ2n) is 5.08. The maximum absolute atomic E-state index is 13.1. The van der Waals surface area contributed by atoms with Crippen LogP contribution in [-0.2, 0) is 6.18 Å². The van der Waals surface area contributed by atoms with E-state index in [9.17, 15) is 13.2 Å². The minimum Gasteiger partial charge on any atom is -0.271 e. The van der Waals surface area contributed by atoms with Crippen molar-refractivity contribution in [2.45, 2.75) is 45.3 Å². The summed E-state index contributed by atoms with van der Waals surface area (Å²) in [5.74, 6) is 5.78. The summed E-state index contributed by atoms with van der Waals surface area (Å²) >= 11 is 3.08. The van der Waals surface area contributed by atoms with E-state index in [4.69, 9.17) is 5.84 Å². The van der Waals surface area contributed by atoms with Crippen molar-refractivity contribution in [3.05, 3.63) is 33.8 Å². The molecule has 0 saturated heterocycles. The van der Waals surface area contributed by atoms with Gasteiger partial charge in [0, 0.05) is 10.5 Å². The standard InChI is InChI=1S/C14H20BrF3N2/c1-3-4-9(2)7-13(20-19)11-6-5-10(15)8-12(11)14(16,17)18/h5-6,8-9,13,20H,3-4,7,19H2,1-2H3. The van der Waals surface area contributed by atoms with Crippen LogP contribution in [0.4, 0.5) is 13.2 Å². The van der Waals surface area contributed by atoms with Crippen LogP contribution in [0, 0.1) is 5.92 Å². The summed E-state index contributed by atoms with van der Waals surface area (Å²) < 4.78 is 39.8. The Morgan fingerprint density at radius 2 is 2.00 bits per heavy atom. The molecule has 6 heteroatoms. The lowest BCUT2D eigenvalue weighted by Crippen LogP contribution is -2.31. The summed E-state index contributed by atoms with van der Waals surface area (Å²) in [6.45, 7) is 4.09. The van der Waals surface area contributed by atoms with E-state index >= 15 is 0 Å². The van der Waals surface area contributed by atoms with E-state index in [1.165, 1.54) is 6.07 Å². The first kappa shape index (κ1) is 17.5. The maximum atomic E-state index is 13.1. The van der Waals surface area contributed by atoms with Crippen molar-refractivity contribution in [3.63, 3.8) is 0 Å². The Kier molecular flexibility index (Phi) is 6.48. The van der Waals surface area contributed by atoms with Crippen molar-refractivity contribution in [2.75, 3.05) is 0 Å². The topological polar surface area (TPSA) is 38.0 Å². The summed E-state index contributed by atoms with van der Waals surface area (Å²) in [6, 6.07) is 3.70. The van der Waals surface area contributed by atoms with Gasteiger partial charge in [-0.2, -0.15) is 13.2 Å². The molecule has 0 radical (unpaired) electrons. The van der Waals surface area contributed by atoms with E-state index in [0.29, 0.717) is 16.8 Å². The third-order valence-electron chi connectivity index (χ3n) is 3.32. The molecule has 2 atom stereocenters. The normalized spacial score (nSPS) is 15.2. The molecule has 1 aromatic carbocycles. The van der Waals surface area contributed by atoms with Crippen molar-refractivity contribution in [2.24, 2.45) is 11.8 Å². The Bertz CT molecular complexity index is 435. The smallest absolute Gasteiger partial charge is 0.271 e. The fourth-order valence-electron chi connectivity index (χ4n) is 2.38. The summed E-state index contributed by atoms with van der Waals surface area (Å²) in [5.41, 5.74) is 2.08. The zero-order valence-electron chi connectivity index (χ0n) is 11.6. The highest BCUT2D eigenvalue weighted by Crippen LogP contribution is 2.37. The van der Waals surface area contributed by atoms with Crippen LogP contribution in [-0.4, -0.2) is 0 Å². The van der Waals surface area contributed by atoms with E-state index in [0.717, 1.165) is 18.9 Å². The molecule has 0 fully saturated rings. The Morgan fingerprint density at radius 1 is 1.35 bits per heavy atom. The largest absolute Gasteiger partial charge is 0.416 e. The number of nitrogens with two attached hydrogens (primary N) is 1. The number of hydrogen-bond acceptors (Lipinski definition) is 2. The molecule has 0 spiro atoms. The minimum atomic E-state index is -4.39. The predicted octanol–water partition coefficient (Wildman–Crippen LogP) is 4.80. The molecule has 3 N–H and O–H groups in total. The third-order valence-corrected chi connectivity index (χ3v) is 3.81. The first-order valence-electron chi connectivity index (χ1n) is 6.62. The first-order chi connectivity index (χ1) is 9.29. The van der Waals surface area contributed by atoms with Gasteiger partial charge in [0.05, 0.1) is 5.56 Å². The SMILES string of the molecule is CCCC(C)CC(NN)c1ccc(Br)cc1C(F)(F)F. The van der Waals surface area contributed by atoms with Crippen LogP contribution in [0.3, 0.4) is 0 Å². The van der Waals surface area contributed by atoms with Crippen molar-refractivity contribution < 1.29 is 13.2 Å². The van der Waals surface area contributed by atoms with E-state index in [1.807, 2.05) is 6.92 Å². The lowest BCUT2D eigenvalue weighted by molar-refractivity contribution is -0.138. The van der Waals surface area contributed by atoms with Crippen LogP contribution >= 0.6 is 15.9 Å². The average molecular weight is 353 g/mol. The van der Waals surface area contributed by atoms with Gasteiger partial charge < -0.3 is 0 Å². The van der Waals surface area contributed by atoms with Crippen molar-refractivity contribution in [1.29, 1.82) is 0 Å². The lowest BCUT2D eigenvalue weighted by atomic mass is 9.91. The van der Waals surface area contributed by atoms with Gasteiger partial charge in [0.1, 0.15) is 0 Å². The van der Waals surface area contributed by atoms with Gasteiger partial charge in [-0.05, 0) is 30.0 Å². The summed E-state index contributed by atoms with van der Waals surface area (Å²) in [5, 5.41) is 0. The van der Waals surface area contributed by atoms with Gasteiger partial charge in [0.2, 0.25) is 0 Å². The molecule has 1 aromatic rings. The van der Waals surface area contributed by atoms with Crippen molar-refractivity contribution >= 4 is 15.9 Å². The van der Waals surface area contributed by atoms with Gasteiger partial charge in [0.25, 0.3) is 0 Å². The average Bonchev–Trinajstić information content (AvgIpc) is 2.35. The zero-order chi connectivity index (χ0) is 15.3. The Labute approximate surface area is 126 Å². The fraction of sp³-hybridized carbons (Fsp3) is 0.571. The summed E-state index contributed by atoms with van der Waals surface area (Å²) in [4.78, 5) is 0. The summed E-state index contributed by atoms with van der Waals surface area (Å²) in [6.07, 6.45) is -1.84. The monoisotopic (exact) mass is 352 g/mol. The number of benzene rings is 1. The molecule has 0 aliphatic carbocycles. The highest BCUT2D eigenvalue weighted by molar-refractivity contribution is 9.10. The molecule has 0 aliphatic rings. The van der Waals surface area contributed by atoms with E-state index in [1.54, 1.807) is 6.07 Å². The Balaban J connectivity index is 3.09. The lowest BCUT2D eigenvalue weighted by Gasteiger charge is -2.24. The van der Waals surface area contributed by atoms with Crippen molar-refractivity contribution in [1.82, 2.24) is 5.43 Å². The molecule has 2 nitrogen and oxygen atoms in total. The number of nitrogens with one attached hydrogen (secondary N) is 1. The third kappa shape index (κ3) is 4.75. The highest BCUT2D eigenvalue weighted by Gasteiger charge is 2.35. The molecule has 1 rings (SSSR count). The van der Waals surface area contributed by atoms with Crippen LogP contribution in [0.1, 0.15) is 50.3 Å². The van der Waals surface area contributed by atoms with E-state index in [2.05, 4.69) is 28.3 Å². The molecular formula is C14H20BrF3N2. The predicted molar refractivity (Wildman–Crippen MR) is 77.9 cm³/mol. The van der Waals surface area contributed by atoms with Crippen LogP contribution in [0.2, 0.25) is 0 Å².